The number of carbonyl (C=O) groups is 1. The van der Waals surface area contributed by atoms with Crippen molar-refractivity contribution < 1.29 is 18.7 Å². The van der Waals surface area contributed by atoms with Crippen LogP contribution in [0.15, 0.2) is 28.9 Å². The minimum Gasteiger partial charge on any atom is -0.481 e. The summed E-state index contributed by atoms with van der Waals surface area (Å²) in [4.78, 5) is 19.4. The lowest BCUT2D eigenvalue weighted by Crippen LogP contribution is -2.35. The molecule has 0 aliphatic carbocycles. The summed E-state index contributed by atoms with van der Waals surface area (Å²) in [5.41, 5.74) is 5.93. The fourth-order valence-corrected chi connectivity index (χ4v) is 2.36. The van der Waals surface area contributed by atoms with Gasteiger partial charge in [-0.1, -0.05) is 0 Å². The molecule has 2 heterocycles. The van der Waals surface area contributed by atoms with E-state index in [1.807, 2.05) is 0 Å². The minimum absolute atomic E-state index is 0.0969. The van der Waals surface area contributed by atoms with Gasteiger partial charge < -0.3 is 25.8 Å². The van der Waals surface area contributed by atoms with Gasteiger partial charge in [-0.15, -0.1) is 0 Å². The molecule has 136 valence electrons. The number of pyridine rings is 1. The molecule has 1 atom stereocenters. The van der Waals surface area contributed by atoms with Gasteiger partial charge in [0, 0.05) is 43.7 Å². The molecule has 0 saturated carbocycles. The van der Waals surface area contributed by atoms with E-state index < -0.39 is 11.9 Å². The molecular formula is C16H22FN5O3. The number of amidine groups is 1. The molecule has 0 aromatic carbocycles. The monoisotopic (exact) mass is 351 g/mol. The lowest BCUT2D eigenvalue weighted by Gasteiger charge is -2.22. The lowest BCUT2D eigenvalue weighted by molar-refractivity contribution is -0.114. The number of hydrogen-bond acceptors (Lipinski definition) is 6. The summed E-state index contributed by atoms with van der Waals surface area (Å²) in [6.45, 7) is 1.30. The molecule has 1 amide bonds. The number of rotatable bonds is 6. The van der Waals surface area contributed by atoms with Crippen LogP contribution < -0.4 is 21.1 Å². The molecule has 1 fully saturated rings. The highest BCUT2D eigenvalue weighted by Crippen LogP contribution is 2.17. The number of nitrogens with two attached hydrogens (primary N) is 1. The number of aliphatic imine (C=N–C) groups is 1. The van der Waals surface area contributed by atoms with Gasteiger partial charge in [0.25, 0.3) is 5.91 Å². The van der Waals surface area contributed by atoms with Crippen LogP contribution in [0.4, 0.5) is 10.1 Å². The van der Waals surface area contributed by atoms with Crippen molar-refractivity contribution in [3.05, 3.63) is 29.9 Å². The summed E-state index contributed by atoms with van der Waals surface area (Å²) < 4.78 is 23.8. The Hall–Kier alpha value is -2.68. The topological polar surface area (TPSA) is 111 Å². The van der Waals surface area contributed by atoms with Crippen LogP contribution in [0.3, 0.4) is 0 Å². The summed E-state index contributed by atoms with van der Waals surface area (Å²) in [5.74, 6) is -1.09. The number of hydrogen-bond donors (Lipinski definition) is 3. The Morgan fingerprint density at radius 2 is 2.36 bits per heavy atom. The average Bonchev–Trinajstić information content (AvgIpc) is 2.61. The second-order valence-electron chi connectivity index (χ2n) is 5.42. The Morgan fingerprint density at radius 1 is 1.56 bits per heavy atom. The van der Waals surface area contributed by atoms with Gasteiger partial charge >= 0.3 is 0 Å². The fraction of sp³-hybridized carbons (Fsp3) is 0.438. The molecule has 25 heavy (non-hydrogen) atoms. The molecule has 0 bridgehead atoms. The van der Waals surface area contributed by atoms with Gasteiger partial charge in [-0.05, 0) is 12.8 Å². The van der Waals surface area contributed by atoms with Crippen LogP contribution in [-0.2, 0) is 9.53 Å². The van der Waals surface area contributed by atoms with Gasteiger partial charge in [0.15, 0.2) is 0 Å². The van der Waals surface area contributed by atoms with E-state index in [9.17, 15) is 9.18 Å². The standard InChI is InChI=1S/C16H22FN5O3/c1-19-16(21-11-6-13(17)22-14(7-11)24-2)12(15(18)23)8-20-10-4-3-5-25-9-10/h6-8,10,20H,3-5,9H2,1-2H3,(H2,18,23)(H,19,21,22)/b12-8-/t10-/m1/s1. The van der Waals surface area contributed by atoms with Gasteiger partial charge in [0.2, 0.25) is 11.8 Å². The van der Waals surface area contributed by atoms with E-state index in [1.54, 1.807) is 0 Å². The lowest BCUT2D eigenvalue weighted by atomic mass is 10.1. The third-order valence-electron chi connectivity index (χ3n) is 3.61. The number of ether oxygens (including phenoxy) is 2. The number of anilines is 1. The molecule has 4 N–H and O–H groups in total. The van der Waals surface area contributed by atoms with Crippen LogP contribution in [0.1, 0.15) is 12.8 Å². The smallest absolute Gasteiger partial charge is 0.253 e. The second kappa shape index (κ2) is 8.97. The Kier molecular flexibility index (Phi) is 6.70. The Labute approximate surface area is 145 Å². The van der Waals surface area contributed by atoms with E-state index in [-0.39, 0.29) is 23.3 Å². The van der Waals surface area contributed by atoms with Crippen molar-refractivity contribution >= 4 is 17.4 Å². The zero-order valence-electron chi connectivity index (χ0n) is 14.2. The van der Waals surface area contributed by atoms with Crippen LogP contribution >= 0.6 is 0 Å². The Bertz CT molecular complexity index is 672. The summed E-state index contributed by atoms with van der Waals surface area (Å²) in [6, 6.07) is 2.74. The van der Waals surface area contributed by atoms with E-state index in [1.165, 1.54) is 26.4 Å². The highest BCUT2D eigenvalue weighted by atomic mass is 19.1. The third kappa shape index (κ3) is 5.42. The number of nitrogens with one attached hydrogen (secondary N) is 2. The van der Waals surface area contributed by atoms with Crippen molar-refractivity contribution in [1.29, 1.82) is 0 Å². The Morgan fingerprint density at radius 3 is 2.96 bits per heavy atom. The van der Waals surface area contributed by atoms with Gasteiger partial charge in [0.1, 0.15) is 5.84 Å². The molecule has 8 nitrogen and oxygen atoms in total. The van der Waals surface area contributed by atoms with Gasteiger partial charge in [-0.25, -0.2) is 0 Å². The van der Waals surface area contributed by atoms with E-state index in [4.69, 9.17) is 15.2 Å². The van der Waals surface area contributed by atoms with Crippen molar-refractivity contribution in [2.24, 2.45) is 10.7 Å². The van der Waals surface area contributed by atoms with Crippen LogP contribution in [0.5, 0.6) is 5.88 Å². The first kappa shape index (κ1) is 18.7. The van der Waals surface area contributed by atoms with Crippen molar-refractivity contribution in [1.82, 2.24) is 10.3 Å². The van der Waals surface area contributed by atoms with Crippen molar-refractivity contribution in [2.45, 2.75) is 18.9 Å². The molecule has 0 unspecified atom stereocenters. The molecule has 1 aromatic heterocycles. The number of amides is 1. The predicted octanol–water partition coefficient (Wildman–Crippen LogP) is 0.807. The van der Waals surface area contributed by atoms with Crippen molar-refractivity contribution in [3.8, 4) is 5.88 Å². The van der Waals surface area contributed by atoms with Crippen LogP contribution in [0.2, 0.25) is 0 Å². The number of aromatic nitrogens is 1. The molecule has 9 heteroatoms. The van der Waals surface area contributed by atoms with Gasteiger partial charge in [-0.3, -0.25) is 9.79 Å². The van der Waals surface area contributed by atoms with Crippen molar-refractivity contribution in [3.63, 3.8) is 0 Å². The van der Waals surface area contributed by atoms with E-state index in [2.05, 4.69) is 20.6 Å². The number of methoxy groups -OCH3 is 1. The number of carbonyl (C=O) groups excluding carboxylic acids is 1. The van der Waals surface area contributed by atoms with Crippen molar-refractivity contribution in [2.75, 3.05) is 32.7 Å². The fourth-order valence-electron chi connectivity index (χ4n) is 2.36. The zero-order chi connectivity index (χ0) is 18.2. The van der Waals surface area contributed by atoms with Gasteiger partial charge in [0.05, 0.1) is 19.3 Å². The quantitative estimate of drug-likeness (QED) is 0.303. The molecule has 1 saturated heterocycles. The molecule has 1 aromatic rings. The summed E-state index contributed by atoms with van der Waals surface area (Å²) in [5, 5.41) is 5.98. The summed E-state index contributed by atoms with van der Waals surface area (Å²) in [6.07, 6.45) is 3.38. The number of primary amides is 1. The van der Waals surface area contributed by atoms with Crippen LogP contribution in [0.25, 0.3) is 0 Å². The highest BCUT2D eigenvalue weighted by Gasteiger charge is 2.17. The predicted molar refractivity (Wildman–Crippen MR) is 92.0 cm³/mol. The SMILES string of the molecule is C/N=C(Nc1cc(F)nc(OC)c1)\C(=C/N[C@@H]1CCCOC1)C(N)=O. The second-order valence-corrected chi connectivity index (χ2v) is 5.42. The minimum atomic E-state index is -0.723. The number of nitrogens with zero attached hydrogens (tertiary/aromatic N) is 2. The maximum Gasteiger partial charge on any atom is 0.253 e. The van der Waals surface area contributed by atoms with Crippen LogP contribution in [-0.4, -0.2) is 50.1 Å². The summed E-state index contributed by atoms with van der Waals surface area (Å²) >= 11 is 0. The maximum atomic E-state index is 13.5. The first-order valence-corrected chi connectivity index (χ1v) is 7.83. The van der Waals surface area contributed by atoms with Crippen LogP contribution in [0, 0.1) is 5.95 Å². The molecule has 0 radical (unpaired) electrons. The molecular weight excluding hydrogens is 329 g/mol. The first-order valence-electron chi connectivity index (χ1n) is 7.83. The average molecular weight is 351 g/mol. The number of halogens is 1. The Balaban J connectivity index is 2.17. The zero-order valence-corrected chi connectivity index (χ0v) is 14.2. The molecule has 1 aliphatic rings. The maximum absolute atomic E-state index is 13.5. The summed E-state index contributed by atoms with van der Waals surface area (Å²) in [7, 11) is 2.88. The largest absolute Gasteiger partial charge is 0.481 e. The molecule has 1 aliphatic heterocycles. The van der Waals surface area contributed by atoms with E-state index >= 15 is 0 Å². The van der Waals surface area contributed by atoms with E-state index in [0.29, 0.717) is 12.3 Å². The normalized spacial score (nSPS) is 18.6. The first-order chi connectivity index (χ1) is 12.0. The highest BCUT2D eigenvalue weighted by molar-refractivity contribution is 6.24. The van der Waals surface area contributed by atoms with E-state index in [0.717, 1.165) is 25.5 Å². The molecule has 0 spiro atoms. The van der Waals surface area contributed by atoms with Gasteiger partial charge in [-0.2, -0.15) is 9.37 Å². The third-order valence-corrected chi connectivity index (χ3v) is 3.61. The molecule has 2 rings (SSSR count).